The van der Waals surface area contributed by atoms with E-state index >= 15 is 0 Å². The second-order valence-corrected chi connectivity index (χ2v) is 5.49. The molecular weight excluding hydrogens is 349 g/mol. The first-order valence-electron chi connectivity index (χ1n) is 7.71. The minimum absolute atomic E-state index is 0.0928. The fourth-order valence-corrected chi connectivity index (χ4v) is 2.39. The average Bonchev–Trinajstić information content (AvgIpc) is 3.09. The molecule has 0 unspecified atom stereocenters. The molecule has 0 radical (unpaired) electrons. The van der Waals surface area contributed by atoms with Crippen LogP contribution in [0.5, 0.6) is 5.75 Å². The number of hydrogen-bond donors (Lipinski definition) is 1. The van der Waals surface area contributed by atoms with Crippen molar-refractivity contribution in [1.29, 1.82) is 0 Å². The molecule has 0 amide bonds. The van der Waals surface area contributed by atoms with Crippen molar-refractivity contribution < 1.29 is 22.7 Å². The maximum atomic E-state index is 12.7. The normalized spacial score (nSPS) is 11.5. The topological polar surface area (TPSA) is 68.5 Å². The zero-order valence-corrected chi connectivity index (χ0v) is 13.7. The van der Waals surface area contributed by atoms with Gasteiger partial charge in [-0.3, -0.25) is 4.79 Å². The van der Waals surface area contributed by atoms with Crippen LogP contribution in [0.15, 0.2) is 42.7 Å². The first kappa shape index (κ1) is 17.7. The summed E-state index contributed by atoms with van der Waals surface area (Å²) in [6, 6.07) is 7.89. The van der Waals surface area contributed by atoms with Crippen LogP contribution in [0.4, 0.5) is 18.9 Å². The SMILES string of the molecule is COc1ccc(C(=O)c2cc(NCCC(F)(F)F)c3nccn3n2)cc1. The number of methoxy groups -OCH3 is 1. The number of nitrogens with one attached hydrogen (secondary N) is 1. The summed E-state index contributed by atoms with van der Waals surface area (Å²) in [4.78, 5) is 16.7. The smallest absolute Gasteiger partial charge is 0.390 e. The van der Waals surface area contributed by atoms with E-state index in [1.54, 1.807) is 24.3 Å². The van der Waals surface area contributed by atoms with Crippen molar-refractivity contribution in [3.63, 3.8) is 0 Å². The van der Waals surface area contributed by atoms with Gasteiger partial charge in [-0.05, 0) is 30.3 Å². The zero-order chi connectivity index (χ0) is 18.7. The summed E-state index contributed by atoms with van der Waals surface area (Å²) in [7, 11) is 1.52. The number of nitrogens with zero attached hydrogens (tertiary/aromatic N) is 3. The highest BCUT2D eigenvalue weighted by atomic mass is 19.4. The highest BCUT2D eigenvalue weighted by Gasteiger charge is 2.26. The van der Waals surface area contributed by atoms with Crippen LogP contribution in [0.25, 0.3) is 5.65 Å². The third kappa shape index (κ3) is 3.93. The van der Waals surface area contributed by atoms with Gasteiger partial charge in [-0.1, -0.05) is 0 Å². The highest BCUT2D eigenvalue weighted by molar-refractivity contribution is 6.08. The first-order valence-corrected chi connectivity index (χ1v) is 7.71. The van der Waals surface area contributed by atoms with E-state index in [-0.39, 0.29) is 18.0 Å². The van der Waals surface area contributed by atoms with Crippen molar-refractivity contribution in [2.24, 2.45) is 0 Å². The summed E-state index contributed by atoms with van der Waals surface area (Å²) in [5.74, 6) is 0.246. The molecule has 0 fully saturated rings. The molecule has 0 atom stereocenters. The quantitative estimate of drug-likeness (QED) is 0.680. The van der Waals surface area contributed by atoms with E-state index in [2.05, 4.69) is 15.4 Å². The van der Waals surface area contributed by atoms with E-state index in [0.29, 0.717) is 22.6 Å². The van der Waals surface area contributed by atoms with Crippen LogP contribution in [-0.4, -0.2) is 40.2 Å². The van der Waals surface area contributed by atoms with E-state index in [1.807, 2.05) is 0 Å². The fourth-order valence-electron chi connectivity index (χ4n) is 2.39. The molecule has 0 saturated carbocycles. The Balaban J connectivity index is 1.89. The van der Waals surface area contributed by atoms with Gasteiger partial charge < -0.3 is 10.1 Å². The molecule has 0 bridgehead atoms. The zero-order valence-electron chi connectivity index (χ0n) is 13.7. The van der Waals surface area contributed by atoms with E-state index in [1.165, 1.54) is 30.1 Å². The minimum atomic E-state index is -4.27. The number of benzene rings is 1. The Labute approximate surface area is 146 Å². The van der Waals surface area contributed by atoms with Crippen LogP contribution in [0.2, 0.25) is 0 Å². The van der Waals surface area contributed by atoms with Gasteiger partial charge >= 0.3 is 6.18 Å². The van der Waals surface area contributed by atoms with Gasteiger partial charge in [0.2, 0.25) is 5.78 Å². The molecule has 0 aliphatic rings. The number of carbonyl (C=O) groups is 1. The van der Waals surface area contributed by atoms with Gasteiger partial charge in [-0.15, -0.1) is 0 Å². The van der Waals surface area contributed by atoms with Gasteiger partial charge in [-0.2, -0.15) is 18.3 Å². The van der Waals surface area contributed by atoms with E-state index in [4.69, 9.17) is 4.74 Å². The standard InChI is InChI=1S/C17H15F3N4O2/c1-26-12-4-2-11(3-5-12)15(25)13-10-14(21-7-6-17(18,19)20)16-22-8-9-24(16)23-13/h2-5,8-10,21H,6-7H2,1H3. The second-order valence-electron chi connectivity index (χ2n) is 5.49. The molecular formula is C17H15F3N4O2. The Kier molecular flexibility index (Phi) is 4.79. The molecule has 6 nitrogen and oxygen atoms in total. The Hall–Kier alpha value is -3.10. The Bertz CT molecular complexity index is 920. The molecule has 0 spiro atoms. The molecule has 0 saturated heterocycles. The van der Waals surface area contributed by atoms with Crippen LogP contribution < -0.4 is 10.1 Å². The van der Waals surface area contributed by atoms with Crippen LogP contribution in [0.3, 0.4) is 0 Å². The first-order chi connectivity index (χ1) is 12.4. The molecule has 2 aromatic heterocycles. The summed E-state index contributed by atoms with van der Waals surface area (Å²) in [5.41, 5.74) is 1.14. The van der Waals surface area contributed by atoms with Crippen LogP contribution >= 0.6 is 0 Å². The number of imidazole rings is 1. The number of fused-ring (bicyclic) bond motifs is 1. The molecule has 2 heterocycles. The molecule has 0 aliphatic carbocycles. The predicted molar refractivity (Wildman–Crippen MR) is 88.6 cm³/mol. The maximum absolute atomic E-state index is 12.7. The van der Waals surface area contributed by atoms with Gasteiger partial charge in [0.25, 0.3) is 0 Å². The minimum Gasteiger partial charge on any atom is -0.497 e. The Morgan fingerprint density at radius 3 is 2.65 bits per heavy atom. The van der Waals surface area contributed by atoms with E-state index in [0.717, 1.165) is 0 Å². The number of ketones is 1. The lowest BCUT2D eigenvalue weighted by molar-refractivity contribution is -0.131. The fraction of sp³-hybridized carbons (Fsp3) is 0.235. The lowest BCUT2D eigenvalue weighted by atomic mass is 10.1. The number of alkyl halides is 3. The van der Waals surface area contributed by atoms with Crippen molar-refractivity contribution in [3.8, 4) is 5.75 Å². The maximum Gasteiger partial charge on any atom is 0.390 e. The monoisotopic (exact) mass is 364 g/mol. The molecule has 0 aliphatic heterocycles. The number of hydrogen-bond acceptors (Lipinski definition) is 5. The Morgan fingerprint density at radius 2 is 2.00 bits per heavy atom. The number of aromatic nitrogens is 3. The van der Waals surface area contributed by atoms with Gasteiger partial charge in [0, 0.05) is 24.5 Å². The van der Waals surface area contributed by atoms with Gasteiger partial charge in [0.05, 0.1) is 19.2 Å². The van der Waals surface area contributed by atoms with Crippen molar-refractivity contribution >= 4 is 17.1 Å². The number of ether oxygens (including phenoxy) is 1. The molecule has 3 aromatic rings. The summed E-state index contributed by atoms with van der Waals surface area (Å²) in [6.45, 7) is -0.327. The van der Waals surface area contributed by atoms with Gasteiger partial charge in [0.1, 0.15) is 11.4 Å². The molecule has 1 N–H and O–H groups in total. The number of halogens is 3. The second kappa shape index (κ2) is 7.03. The Morgan fingerprint density at radius 1 is 1.27 bits per heavy atom. The lowest BCUT2D eigenvalue weighted by Gasteiger charge is -2.11. The molecule has 1 aromatic carbocycles. The molecule has 9 heteroatoms. The summed E-state index contributed by atoms with van der Waals surface area (Å²) in [5, 5.41) is 6.86. The highest BCUT2D eigenvalue weighted by Crippen LogP contribution is 2.22. The summed E-state index contributed by atoms with van der Waals surface area (Å²) in [6.07, 6.45) is -2.29. The van der Waals surface area contributed by atoms with Crippen molar-refractivity contribution in [2.45, 2.75) is 12.6 Å². The third-order valence-corrected chi connectivity index (χ3v) is 3.67. The van der Waals surface area contributed by atoms with Gasteiger partial charge in [-0.25, -0.2) is 9.50 Å². The van der Waals surface area contributed by atoms with E-state index in [9.17, 15) is 18.0 Å². The molecule has 136 valence electrons. The summed E-state index contributed by atoms with van der Waals surface area (Å²) >= 11 is 0. The number of anilines is 1. The van der Waals surface area contributed by atoms with Crippen LogP contribution in [0, 0.1) is 0 Å². The molecule has 26 heavy (non-hydrogen) atoms. The lowest BCUT2D eigenvalue weighted by Crippen LogP contribution is -2.16. The van der Waals surface area contributed by atoms with Crippen molar-refractivity contribution in [3.05, 3.63) is 54.0 Å². The largest absolute Gasteiger partial charge is 0.497 e. The van der Waals surface area contributed by atoms with Crippen LogP contribution in [-0.2, 0) is 0 Å². The third-order valence-electron chi connectivity index (χ3n) is 3.67. The van der Waals surface area contributed by atoms with Crippen molar-refractivity contribution in [1.82, 2.24) is 14.6 Å². The van der Waals surface area contributed by atoms with E-state index < -0.39 is 12.6 Å². The van der Waals surface area contributed by atoms with Gasteiger partial charge in [0.15, 0.2) is 5.65 Å². The number of rotatable bonds is 6. The van der Waals surface area contributed by atoms with Crippen LogP contribution in [0.1, 0.15) is 22.5 Å². The average molecular weight is 364 g/mol. The number of carbonyl (C=O) groups excluding carboxylic acids is 1. The summed E-state index contributed by atoms with van der Waals surface area (Å²) < 4.78 is 43.5. The molecule has 3 rings (SSSR count). The van der Waals surface area contributed by atoms with Crippen molar-refractivity contribution in [2.75, 3.05) is 19.0 Å². The predicted octanol–water partition coefficient (Wildman–Crippen LogP) is 3.33.